The van der Waals surface area contributed by atoms with Crippen molar-refractivity contribution in [2.75, 3.05) is 13.7 Å². The van der Waals surface area contributed by atoms with E-state index in [1.54, 1.807) is 13.2 Å². The molecule has 0 heterocycles. The zero-order valence-electron chi connectivity index (χ0n) is 9.35. The first-order valence-corrected chi connectivity index (χ1v) is 5.14. The molecule has 0 aliphatic heterocycles. The Kier molecular flexibility index (Phi) is 4.50. The van der Waals surface area contributed by atoms with Gasteiger partial charge >= 0.3 is 0 Å². The minimum Gasteiger partial charge on any atom is -0.385 e. The van der Waals surface area contributed by atoms with Crippen LogP contribution in [-0.2, 0) is 11.2 Å². The summed E-state index contributed by atoms with van der Waals surface area (Å²) in [7, 11) is 1.68. The van der Waals surface area contributed by atoms with Gasteiger partial charge in [0, 0.05) is 13.7 Å². The van der Waals surface area contributed by atoms with Crippen molar-refractivity contribution in [3.8, 4) is 0 Å². The molecule has 0 spiro atoms. The molecule has 0 aromatic heterocycles. The minimum atomic E-state index is -0.160. The molecule has 1 aromatic rings. The number of methoxy groups -OCH3 is 1. The smallest absolute Gasteiger partial charge is 0.123 e. The van der Waals surface area contributed by atoms with E-state index in [1.807, 2.05) is 13.0 Å². The molecule has 2 heteroatoms. The van der Waals surface area contributed by atoms with Gasteiger partial charge in [0.25, 0.3) is 0 Å². The van der Waals surface area contributed by atoms with Crippen LogP contribution in [0.3, 0.4) is 0 Å². The van der Waals surface area contributed by atoms with E-state index in [0.29, 0.717) is 0 Å². The number of benzene rings is 1. The molecule has 0 radical (unpaired) electrons. The van der Waals surface area contributed by atoms with Crippen molar-refractivity contribution in [2.45, 2.75) is 19.8 Å². The zero-order chi connectivity index (χ0) is 11.3. The maximum atomic E-state index is 12.7. The average Bonchev–Trinajstić information content (AvgIpc) is 2.61. The Labute approximate surface area is 90.6 Å². The number of rotatable bonds is 1. The monoisotopic (exact) mass is 208 g/mol. The molecule has 0 atom stereocenters. The van der Waals surface area contributed by atoms with Crippen molar-refractivity contribution in [1.29, 1.82) is 0 Å². The lowest BCUT2D eigenvalue weighted by atomic mass is 10.1. The van der Waals surface area contributed by atoms with Gasteiger partial charge in [0.15, 0.2) is 0 Å². The fourth-order valence-electron chi connectivity index (χ4n) is 1.52. The minimum absolute atomic E-state index is 0.160. The highest BCUT2D eigenvalue weighted by molar-refractivity contribution is 5.70. The largest absolute Gasteiger partial charge is 0.385 e. The summed E-state index contributed by atoms with van der Waals surface area (Å²) in [4.78, 5) is 0. The topological polar surface area (TPSA) is 9.23 Å². The van der Waals surface area contributed by atoms with Crippen LogP contribution in [0.25, 0.3) is 5.57 Å². The van der Waals surface area contributed by atoms with Gasteiger partial charge in [0.05, 0.1) is 0 Å². The molecule has 1 aliphatic rings. The Morgan fingerprint density at radius 2 is 2.07 bits per heavy atom. The Bertz CT molecular complexity index is 342. The molecular weight excluding hydrogens is 191 g/mol. The zero-order valence-corrected chi connectivity index (χ0v) is 9.35. The third-order valence-corrected chi connectivity index (χ3v) is 2.44. The van der Waals surface area contributed by atoms with Gasteiger partial charge in [0.2, 0.25) is 0 Å². The van der Waals surface area contributed by atoms with Crippen LogP contribution in [-0.4, -0.2) is 13.7 Å². The maximum Gasteiger partial charge on any atom is 0.123 e. The van der Waals surface area contributed by atoms with Crippen molar-refractivity contribution >= 4 is 5.57 Å². The molecule has 0 unspecified atom stereocenters. The summed E-state index contributed by atoms with van der Waals surface area (Å²) in [6.45, 7) is 6.65. The second-order valence-corrected chi connectivity index (χ2v) is 3.48. The summed E-state index contributed by atoms with van der Waals surface area (Å²) >= 11 is 0. The van der Waals surface area contributed by atoms with E-state index < -0.39 is 0 Å². The van der Waals surface area contributed by atoms with Crippen LogP contribution in [0, 0.1) is 5.82 Å². The molecule has 1 aliphatic carbocycles. The molecule has 0 N–H and O–H groups in total. The normalized spacial score (nSPS) is 13.1. The predicted octanol–water partition coefficient (Wildman–Crippen LogP) is 3.44. The second-order valence-electron chi connectivity index (χ2n) is 3.48. The van der Waals surface area contributed by atoms with E-state index in [9.17, 15) is 4.39 Å². The Hall–Kier alpha value is -1.15. The van der Waals surface area contributed by atoms with Crippen molar-refractivity contribution in [3.63, 3.8) is 0 Å². The molecule has 0 amide bonds. The first kappa shape index (κ1) is 11.9. The van der Waals surface area contributed by atoms with E-state index in [4.69, 9.17) is 0 Å². The van der Waals surface area contributed by atoms with E-state index in [0.717, 1.165) is 30.6 Å². The highest BCUT2D eigenvalue weighted by Gasteiger charge is 2.13. The lowest BCUT2D eigenvalue weighted by molar-refractivity contribution is 0.215. The first-order valence-electron chi connectivity index (χ1n) is 5.14. The van der Waals surface area contributed by atoms with Crippen LogP contribution < -0.4 is 0 Å². The predicted molar refractivity (Wildman–Crippen MR) is 61.3 cm³/mol. The van der Waals surface area contributed by atoms with Crippen LogP contribution in [0.4, 0.5) is 4.39 Å². The summed E-state index contributed by atoms with van der Waals surface area (Å²) in [6, 6.07) is 4.94. The molecule has 0 bridgehead atoms. The summed E-state index contributed by atoms with van der Waals surface area (Å²) in [5.74, 6) is -0.160. The summed E-state index contributed by atoms with van der Waals surface area (Å²) in [6.07, 6.45) is 2.01. The van der Waals surface area contributed by atoms with Crippen LogP contribution in [0.1, 0.15) is 24.5 Å². The molecule has 82 valence electrons. The molecule has 1 nitrogen and oxygen atoms in total. The van der Waals surface area contributed by atoms with Gasteiger partial charge in [-0.2, -0.15) is 0 Å². The number of halogens is 1. The second kappa shape index (κ2) is 5.66. The number of allylic oxidation sites excluding steroid dienone is 1. The van der Waals surface area contributed by atoms with E-state index in [1.165, 1.54) is 11.6 Å². The Morgan fingerprint density at radius 3 is 2.67 bits per heavy atom. The molecule has 15 heavy (non-hydrogen) atoms. The van der Waals surface area contributed by atoms with E-state index in [2.05, 4.69) is 11.3 Å². The van der Waals surface area contributed by atoms with E-state index >= 15 is 0 Å². The molecule has 0 saturated carbocycles. The quantitative estimate of drug-likeness (QED) is 0.687. The Balaban J connectivity index is 0.000000245. The van der Waals surface area contributed by atoms with Gasteiger partial charge in [-0.3, -0.25) is 0 Å². The van der Waals surface area contributed by atoms with Gasteiger partial charge in [-0.15, -0.1) is 0 Å². The van der Waals surface area contributed by atoms with Gasteiger partial charge in [-0.05, 0) is 48.6 Å². The van der Waals surface area contributed by atoms with Crippen LogP contribution in [0.15, 0.2) is 24.8 Å². The van der Waals surface area contributed by atoms with Crippen molar-refractivity contribution in [3.05, 3.63) is 41.7 Å². The van der Waals surface area contributed by atoms with Gasteiger partial charge in [-0.25, -0.2) is 4.39 Å². The highest BCUT2D eigenvalue weighted by Crippen LogP contribution is 2.30. The number of hydrogen-bond donors (Lipinski definition) is 0. The van der Waals surface area contributed by atoms with E-state index in [-0.39, 0.29) is 5.82 Å². The summed E-state index contributed by atoms with van der Waals surface area (Å²) in [5.41, 5.74) is 3.32. The average molecular weight is 208 g/mol. The molecule has 1 aromatic carbocycles. The number of ether oxygens (including phenoxy) is 1. The third kappa shape index (κ3) is 3.17. The van der Waals surface area contributed by atoms with Gasteiger partial charge in [0.1, 0.15) is 5.82 Å². The number of hydrogen-bond acceptors (Lipinski definition) is 1. The maximum absolute atomic E-state index is 12.7. The SMILES string of the molecule is C=C1CCc2ccc(F)cc21.CCOC. The van der Waals surface area contributed by atoms with Crippen molar-refractivity contribution in [1.82, 2.24) is 0 Å². The standard InChI is InChI=1S/C10H9F.C3H8O/c1-7-2-3-8-4-5-9(11)6-10(7)8;1-3-4-2/h4-6H,1-3H2;3H2,1-2H3. The molecular formula is C13H17FO. The fraction of sp³-hybridized carbons (Fsp3) is 0.385. The van der Waals surface area contributed by atoms with Crippen molar-refractivity contribution < 1.29 is 9.13 Å². The molecule has 0 fully saturated rings. The lowest BCUT2D eigenvalue weighted by Crippen LogP contribution is -1.81. The fourth-order valence-corrected chi connectivity index (χ4v) is 1.52. The highest BCUT2D eigenvalue weighted by atomic mass is 19.1. The molecule has 0 saturated heterocycles. The first-order chi connectivity index (χ1) is 7.19. The Morgan fingerprint density at radius 1 is 1.40 bits per heavy atom. The van der Waals surface area contributed by atoms with Crippen LogP contribution in [0.2, 0.25) is 0 Å². The van der Waals surface area contributed by atoms with Gasteiger partial charge in [-0.1, -0.05) is 12.6 Å². The summed E-state index contributed by atoms with van der Waals surface area (Å²) in [5, 5.41) is 0. The van der Waals surface area contributed by atoms with Gasteiger partial charge < -0.3 is 4.74 Å². The van der Waals surface area contributed by atoms with Crippen molar-refractivity contribution in [2.24, 2.45) is 0 Å². The number of fused-ring (bicyclic) bond motifs is 1. The van der Waals surface area contributed by atoms with Crippen LogP contribution in [0.5, 0.6) is 0 Å². The van der Waals surface area contributed by atoms with Crippen LogP contribution >= 0.6 is 0 Å². The summed E-state index contributed by atoms with van der Waals surface area (Å²) < 4.78 is 17.2. The number of aryl methyl sites for hydroxylation is 1. The lowest BCUT2D eigenvalue weighted by Gasteiger charge is -1.97. The third-order valence-electron chi connectivity index (χ3n) is 2.44. The molecule has 2 rings (SSSR count).